The summed E-state index contributed by atoms with van der Waals surface area (Å²) in [6, 6.07) is 5.27. The third-order valence-electron chi connectivity index (χ3n) is 3.82. The van der Waals surface area contributed by atoms with E-state index in [4.69, 9.17) is 0 Å². The van der Waals surface area contributed by atoms with E-state index in [1.165, 1.54) is 17.5 Å². The van der Waals surface area contributed by atoms with Gasteiger partial charge in [-0.25, -0.2) is 0 Å². The van der Waals surface area contributed by atoms with Crippen LogP contribution in [0.3, 0.4) is 0 Å². The predicted molar refractivity (Wildman–Crippen MR) is 74.5 cm³/mol. The molecule has 1 heterocycles. The maximum atomic E-state index is 3.72. The SMILES string of the molecule is Cc1cc(C)c2c(c1)C(C)CNC2CC(C)C. The zero-order valence-corrected chi connectivity index (χ0v) is 11.8. The molecule has 1 aliphatic rings. The van der Waals surface area contributed by atoms with Gasteiger partial charge >= 0.3 is 0 Å². The first kappa shape index (κ1) is 12.6. The van der Waals surface area contributed by atoms with Crippen LogP contribution in [0.25, 0.3) is 0 Å². The Bertz CT molecular complexity index is 406. The molecule has 1 aromatic rings. The number of nitrogens with one attached hydrogen (secondary N) is 1. The molecule has 1 aliphatic heterocycles. The number of rotatable bonds is 2. The lowest BCUT2D eigenvalue weighted by Gasteiger charge is -2.34. The lowest BCUT2D eigenvalue weighted by atomic mass is 9.81. The van der Waals surface area contributed by atoms with Gasteiger partial charge in [0.05, 0.1) is 0 Å². The first-order valence-corrected chi connectivity index (χ1v) is 6.83. The Hall–Kier alpha value is -0.820. The van der Waals surface area contributed by atoms with Crippen molar-refractivity contribution in [2.24, 2.45) is 5.92 Å². The van der Waals surface area contributed by atoms with Gasteiger partial charge in [-0.15, -0.1) is 0 Å². The van der Waals surface area contributed by atoms with Crippen LogP contribution in [0.5, 0.6) is 0 Å². The monoisotopic (exact) mass is 231 g/mol. The maximum Gasteiger partial charge on any atom is 0.0328 e. The number of benzene rings is 1. The molecule has 0 bridgehead atoms. The van der Waals surface area contributed by atoms with E-state index in [1.807, 2.05) is 0 Å². The maximum absolute atomic E-state index is 3.72. The van der Waals surface area contributed by atoms with Gasteiger partial charge in [0.1, 0.15) is 0 Å². The quantitative estimate of drug-likeness (QED) is 0.808. The molecule has 0 aromatic heterocycles. The van der Waals surface area contributed by atoms with Crippen molar-refractivity contribution in [2.45, 2.75) is 53.0 Å². The molecule has 1 heteroatoms. The van der Waals surface area contributed by atoms with Crippen molar-refractivity contribution in [1.82, 2.24) is 5.32 Å². The standard InChI is InChI=1S/C16H25N/c1-10(2)6-15-16-12(4)7-11(3)8-14(16)13(5)9-17-15/h7-8,10,13,15,17H,6,9H2,1-5H3. The van der Waals surface area contributed by atoms with Crippen molar-refractivity contribution in [1.29, 1.82) is 0 Å². The highest BCUT2D eigenvalue weighted by atomic mass is 14.9. The molecule has 1 nitrogen and oxygen atoms in total. The molecule has 2 rings (SSSR count). The zero-order valence-electron chi connectivity index (χ0n) is 11.8. The molecular formula is C16H25N. The van der Waals surface area contributed by atoms with E-state index in [9.17, 15) is 0 Å². The molecule has 0 aliphatic carbocycles. The van der Waals surface area contributed by atoms with Crippen LogP contribution in [-0.2, 0) is 0 Å². The van der Waals surface area contributed by atoms with Crippen LogP contribution >= 0.6 is 0 Å². The van der Waals surface area contributed by atoms with E-state index in [2.05, 4.69) is 52.1 Å². The number of aryl methyl sites for hydroxylation is 2. The third kappa shape index (κ3) is 2.55. The van der Waals surface area contributed by atoms with Crippen LogP contribution in [0.4, 0.5) is 0 Å². The summed E-state index contributed by atoms with van der Waals surface area (Å²) in [4.78, 5) is 0. The summed E-state index contributed by atoms with van der Waals surface area (Å²) >= 11 is 0. The van der Waals surface area contributed by atoms with Gasteiger partial charge in [-0.1, -0.05) is 38.5 Å². The van der Waals surface area contributed by atoms with Gasteiger partial charge in [-0.3, -0.25) is 0 Å². The van der Waals surface area contributed by atoms with Crippen molar-refractivity contribution in [2.75, 3.05) is 6.54 Å². The number of hydrogen-bond donors (Lipinski definition) is 1. The van der Waals surface area contributed by atoms with E-state index in [0.717, 1.165) is 12.5 Å². The van der Waals surface area contributed by atoms with Gasteiger partial charge in [0.25, 0.3) is 0 Å². The predicted octanol–water partition coefficient (Wildman–Crippen LogP) is 4.10. The third-order valence-corrected chi connectivity index (χ3v) is 3.82. The average Bonchev–Trinajstić information content (AvgIpc) is 2.21. The minimum absolute atomic E-state index is 0.557. The van der Waals surface area contributed by atoms with Gasteiger partial charge in [0.2, 0.25) is 0 Å². The highest BCUT2D eigenvalue weighted by molar-refractivity contribution is 5.43. The Morgan fingerprint density at radius 3 is 2.65 bits per heavy atom. The fourth-order valence-corrected chi connectivity index (χ4v) is 3.10. The molecule has 0 spiro atoms. The number of hydrogen-bond acceptors (Lipinski definition) is 1. The summed E-state index contributed by atoms with van der Waals surface area (Å²) in [7, 11) is 0. The number of fused-ring (bicyclic) bond motifs is 1. The molecule has 1 N–H and O–H groups in total. The lowest BCUT2D eigenvalue weighted by molar-refractivity contribution is 0.394. The first-order valence-electron chi connectivity index (χ1n) is 6.83. The van der Waals surface area contributed by atoms with Crippen LogP contribution in [0.15, 0.2) is 12.1 Å². The molecule has 94 valence electrons. The molecule has 0 saturated heterocycles. The van der Waals surface area contributed by atoms with Crippen LogP contribution in [-0.4, -0.2) is 6.54 Å². The second kappa shape index (κ2) is 4.81. The highest BCUT2D eigenvalue weighted by Crippen LogP contribution is 2.36. The van der Waals surface area contributed by atoms with Gasteiger partial charge < -0.3 is 5.32 Å². The molecule has 17 heavy (non-hydrogen) atoms. The van der Waals surface area contributed by atoms with Crippen molar-refractivity contribution in [3.8, 4) is 0 Å². The lowest BCUT2D eigenvalue weighted by Crippen LogP contribution is -2.33. The van der Waals surface area contributed by atoms with E-state index in [-0.39, 0.29) is 0 Å². The average molecular weight is 231 g/mol. The van der Waals surface area contributed by atoms with Crippen LogP contribution in [0.2, 0.25) is 0 Å². The summed E-state index contributed by atoms with van der Waals surface area (Å²) in [6.07, 6.45) is 1.24. The molecule has 2 unspecified atom stereocenters. The molecule has 1 aromatic carbocycles. The minimum atomic E-state index is 0.557. The zero-order chi connectivity index (χ0) is 12.6. The van der Waals surface area contributed by atoms with Gasteiger partial charge in [-0.2, -0.15) is 0 Å². The van der Waals surface area contributed by atoms with Crippen LogP contribution < -0.4 is 5.32 Å². The van der Waals surface area contributed by atoms with Crippen LogP contribution in [0.1, 0.15) is 61.4 Å². The second-order valence-corrected chi connectivity index (χ2v) is 6.08. The van der Waals surface area contributed by atoms with Gasteiger partial charge in [0.15, 0.2) is 0 Å². The summed E-state index contributed by atoms with van der Waals surface area (Å²) in [6.45, 7) is 12.5. The van der Waals surface area contributed by atoms with Crippen molar-refractivity contribution >= 4 is 0 Å². The van der Waals surface area contributed by atoms with E-state index < -0.39 is 0 Å². The Kier molecular flexibility index (Phi) is 3.58. The van der Waals surface area contributed by atoms with Gasteiger partial charge in [0, 0.05) is 12.6 Å². The summed E-state index contributed by atoms with van der Waals surface area (Å²) in [5.74, 6) is 1.39. The van der Waals surface area contributed by atoms with E-state index >= 15 is 0 Å². The molecule has 0 fully saturated rings. The summed E-state index contributed by atoms with van der Waals surface area (Å²) in [5.41, 5.74) is 6.01. The summed E-state index contributed by atoms with van der Waals surface area (Å²) in [5, 5.41) is 3.72. The molecule has 0 amide bonds. The van der Waals surface area contributed by atoms with Crippen molar-refractivity contribution in [3.63, 3.8) is 0 Å². The van der Waals surface area contributed by atoms with Crippen molar-refractivity contribution in [3.05, 3.63) is 34.4 Å². The molecule has 2 atom stereocenters. The fourth-order valence-electron chi connectivity index (χ4n) is 3.10. The fraction of sp³-hybridized carbons (Fsp3) is 0.625. The normalized spacial score (nSPS) is 23.9. The Morgan fingerprint density at radius 1 is 1.29 bits per heavy atom. The molecule has 0 saturated carbocycles. The Morgan fingerprint density at radius 2 is 2.00 bits per heavy atom. The first-order chi connectivity index (χ1) is 7.99. The summed E-state index contributed by atoms with van der Waals surface area (Å²) < 4.78 is 0. The van der Waals surface area contributed by atoms with Crippen molar-refractivity contribution < 1.29 is 0 Å². The smallest absolute Gasteiger partial charge is 0.0328 e. The second-order valence-electron chi connectivity index (χ2n) is 6.08. The Balaban J connectivity index is 2.44. The Labute approximate surface area is 106 Å². The molecular weight excluding hydrogens is 206 g/mol. The van der Waals surface area contributed by atoms with E-state index in [0.29, 0.717) is 12.0 Å². The minimum Gasteiger partial charge on any atom is -0.309 e. The molecule has 0 radical (unpaired) electrons. The van der Waals surface area contributed by atoms with E-state index in [1.54, 1.807) is 11.1 Å². The van der Waals surface area contributed by atoms with Gasteiger partial charge in [-0.05, 0) is 48.8 Å². The largest absolute Gasteiger partial charge is 0.309 e. The topological polar surface area (TPSA) is 12.0 Å². The van der Waals surface area contributed by atoms with Crippen LogP contribution in [0, 0.1) is 19.8 Å². The highest BCUT2D eigenvalue weighted by Gasteiger charge is 2.26.